The molecule has 96 valence electrons. The fraction of sp³-hybridized carbons (Fsp3) is 0.385. The zero-order valence-electron chi connectivity index (χ0n) is 10.6. The van der Waals surface area contributed by atoms with Gasteiger partial charge in [-0.15, -0.1) is 0 Å². The van der Waals surface area contributed by atoms with E-state index in [2.05, 4.69) is 5.32 Å². The van der Waals surface area contributed by atoms with Crippen LogP contribution in [-0.2, 0) is 4.79 Å². The smallest absolute Gasteiger partial charge is 0.258 e. The highest BCUT2D eigenvalue weighted by atomic mass is 16.5. The number of hydrogen-bond acceptors (Lipinski definition) is 4. The van der Waals surface area contributed by atoms with E-state index in [1.165, 1.54) is 6.92 Å². The van der Waals surface area contributed by atoms with Gasteiger partial charge in [0.1, 0.15) is 18.1 Å². The van der Waals surface area contributed by atoms with E-state index in [0.717, 1.165) is 0 Å². The molecular formula is C13H15NO4. The second-order valence-electron chi connectivity index (χ2n) is 4.72. The summed E-state index contributed by atoms with van der Waals surface area (Å²) in [6.07, 6.45) is 0. The molecule has 0 radical (unpaired) electrons. The number of nitrogens with one attached hydrogen (secondary N) is 1. The molecule has 1 aromatic carbocycles. The highest BCUT2D eigenvalue weighted by Gasteiger charge is 2.31. The first-order valence-electron chi connectivity index (χ1n) is 5.65. The number of benzene rings is 1. The van der Waals surface area contributed by atoms with Gasteiger partial charge >= 0.3 is 0 Å². The Morgan fingerprint density at radius 3 is 2.83 bits per heavy atom. The number of hydrogen-bond donors (Lipinski definition) is 1. The van der Waals surface area contributed by atoms with E-state index >= 15 is 0 Å². The van der Waals surface area contributed by atoms with Gasteiger partial charge in [-0.2, -0.15) is 0 Å². The van der Waals surface area contributed by atoms with Crippen molar-refractivity contribution < 1.29 is 19.1 Å². The van der Waals surface area contributed by atoms with Gasteiger partial charge in [-0.25, -0.2) is 0 Å². The van der Waals surface area contributed by atoms with Crippen LogP contribution in [0.25, 0.3) is 0 Å². The molecule has 2 rings (SSSR count). The first-order chi connectivity index (χ1) is 8.37. The molecule has 1 aromatic rings. The average molecular weight is 249 g/mol. The second-order valence-corrected chi connectivity index (χ2v) is 4.72. The Bertz CT molecular complexity index is 508. The van der Waals surface area contributed by atoms with Crippen molar-refractivity contribution in [3.05, 3.63) is 23.8 Å². The lowest BCUT2D eigenvalue weighted by Crippen LogP contribution is -2.51. The summed E-state index contributed by atoms with van der Waals surface area (Å²) in [6.45, 7) is 4.98. The van der Waals surface area contributed by atoms with Gasteiger partial charge in [0, 0.05) is 0 Å². The van der Waals surface area contributed by atoms with Crippen molar-refractivity contribution in [3.8, 4) is 11.5 Å². The van der Waals surface area contributed by atoms with Crippen molar-refractivity contribution in [2.24, 2.45) is 0 Å². The lowest BCUT2D eigenvalue weighted by molar-refractivity contribution is -0.118. The Balaban J connectivity index is 2.25. The molecule has 0 fully saturated rings. The van der Waals surface area contributed by atoms with Crippen LogP contribution in [0.5, 0.6) is 11.5 Å². The van der Waals surface area contributed by atoms with E-state index in [4.69, 9.17) is 9.47 Å². The number of fused-ring (bicyclic) bond motifs is 1. The molecule has 1 aliphatic heterocycles. The molecule has 0 bridgehead atoms. The number of carbonyl (C=O) groups is 2. The van der Waals surface area contributed by atoms with Gasteiger partial charge in [0.25, 0.3) is 5.91 Å². The molecule has 1 aliphatic rings. The molecule has 0 spiro atoms. The van der Waals surface area contributed by atoms with E-state index < -0.39 is 5.72 Å². The van der Waals surface area contributed by atoms with Crippen LogP contribution in [0.4, 0.5) is 0 Å². The monoisotopic (exact) mass is 249 g/mol. The Labute approximate surface area is 105 Å². The van der Waals surface area contributed by atoms with E-state index in [0.29, 0.717) is 17.1 Å². The Hall–Kier alpha value is -2.04. The molecule has 18 heavy (non-hydrogen) atoms. The van der Waals surface area contributed by atoms with Crippen molar-refractivity contribution in [1.29, 1.82) is 0 Å². The van der Waals surface area contributed by atoms with Gasteiger partial charge in [0.15, 0.2) is 11.5 Å². The summed E-state index contributed by atoms with van der Waals surface area (Å²) in [4.78, 5) is 22.7. The minimum absolute atomic E-state index is 0.00719. The molecule has 1 amide bonds. The van der Waals surface area contributed by atoms with E-state index in [-0.39, 0.29) is 18.3 Å². The van der Waals surface area contributed by atoms with Crippen molar-refractivity contribution >= 4 is 11.7 Å². The van der Waals surface area contributed by atoms with Crippen LogP contribution in [0.1, 0.15) is 31.1 Å². The highest BCUT2D eigenvalue weighted by molar-refractivity contribution is 5.98. The lowest BCUT2D eigenvalue weighted by atomic mass is 10.1. The molecular weight excluding hydrogens is 234 g/mol. The van der Waals surface area contributed by atoms with Gasteiger partial charge in [-0.3, -0.25) is 9.59 Å². The molecule has 0 saturated carbocycles. The standard InChI is InChI=1S/C13H15NO4/c1-8(15)7-17-9-4-5-11-10(6-9)12(16)14-13(2,3)18-11/h4-6H,7H2,1-3H3,(H,14,16). The fourth-order valence-corrected chi connectivity index (χ4v) is 1.69. The maximum absolute atomic E-state index is 11.9. The molecule has 5 nitrogen and oxygen atoms in total. The largest absolute Gasteiger partial charge is 0.486 e. The van der Waals surface area contributed by atoms with Gasteiger partial charge in [-0.1, -0.05) is 0 Å². The third-order valence-corrected chi connectivity index (χ3v) is 2.42. The van der Waals surface area contributed by atoms with Crippen molar-refractivity contribution in [3.63, 3.8) is 0 Å². The second kappa shape index (κ2) is 4.33. The molecule has 5 heteroatoms. The predicted molar refractivity (Wildman–Crippen MR) is 64.8 cm³/mol. The Morgan fingerprint density at radius 2 is 2.17 bits per heavy atom. The third kappa shape index (κ3) is 2.61. The molecule has 1 heterocycles. The van der Waals surface area contributed by atoms with Crippen molar-refractivity contribution in [2.75, 3.05) is 6.61 Å². The van der Waals surface area contributed by atoms with Crippen LogP contribution in [0, 0.1) is 0 Å². The summed E-state index contributed by atoms with van der Waals surface area (Å²) < 4.78 is 10.9. The summed E-state index contributed by atoms with van der Waals surface area (Å²) in [5.74, 6) is 0.699. The predicted octanol–water partition coefficient (Wildman–Crippen LogP) is 1.51. The van der Waals surface area contributed by atoms with Gasteiger partial charge in [0.05, 0.1) is 5.56 Å². The van der Waals surface area contributed by atoms with Crippen LogP contribution >= 0.6 is 0 Å². The molecule has 0 unspecified atom stereocenters. The van der Waals surface area contributed by atoms with Gasteiger partial charge in [0.2, 0.25) is 0 Å². The highest BCUT2D eigenvalue weighted by Crippen LogP contribution is 2.30. The average Bonchev–Trinajstić information content (AvgIpc) is 2.25. The first kappa shape index (κ1) is 12.4. The van der Waals surface area contributed by atoms with Gasteiger partial charge in [-0.05, 0) is 39.0 Å². The van der Waals surface area contributed by atoms with Crippen LogP contribution in [0.15, 0.2) is 18.2 Å². The van der Waals surface area contributed by atoms with Crippen molar-refractivity contribution in [1.82, 2.24) is 5.32 Å². The summed E-state index contributed by atoms with van der Waals surface area (Å²) in [5.41, 5.74) is -0.304. The summed E-state index contributed by atoms with van der Waals surface area (Å²) in [6, 6.07) is 4.92. The van der Waals surface area contributed by atoms with Crippen LogP contribution in [0.3, 0.4) is 0 Å². The van der Waals surface area contributed by atoms with Gasteiger partial charge < -0.3 is 14.8 Å². The number of carbonyl (C=O) groups excluding carboxylic acids is 2. The minimum atomic E-state index is -0.716. The maximum Gasteiger partial charge on any atom is 0.258 e. The topological polar surface area (TPSA) is 64.6 Å². The number of rotatable bonds is 3. The molecule has 0 saturated heterocycles. The minimum Gasteiger partial charge on any atom is -0.486 e. The Morgan fingerprint density at radius 1 is 1.44 bits per heavy atom. The SMILES string of the molecule is CC(=O)COc1ccc2c(c1)C(=O)NC(C)(C)O2. The molecule has 1 N–H and O–H groups in total. The molecule has 0 aliphatic carbocycles. The fourth-order valence-electron chi connectivity index (χ4n) is 1.69. The molecule has 0 atom stereocenters. The van der Waals surface area contributed by atoms with Crippen LogP contribution in [0.2, 0.25) is 0 Å². The zero-order chi connectivity index (χ0) is 13.3. The van der Waals surface area contributed by atoms with Crippen LogP contribution < -0.4 is 14.8 Å². The molecule has 0 aromatic heterocycles. The van der Waals surface area contributed by atoms with E-state index in [9.17, 15) is 9.59 Å². The number of Topliss-reactive ketones (excluding diaryl/α,β-unsaturated/α-hetero) is 1. The summed E-state index contributed by atoms with van der Waals surface area (Å²) in [7, 11) is 0. The maximum atomic E-state index is 11.9. The van der Waals surface area contributed by atoms with E-state index in [1.807, 2.05) is 0 Å². The first-order valence-corrected chi connectivity index (χ1v) is 5.65. The van der Waals surface area contributed by atoms with E-state index in [1.54, 1.807) is 32.0 Å². The van der Waals surface area contributed by atoms with Crippen molar-refractivity contribution in [2.45, 2.75) is 26.5 Å². The quantitative estimate of drug-likeness (QED) is 0.882. The third-order valence-electron chi connectivity index (χ3n) is 2.42. The Kier molecular flexibility index (Phi) is 2.98. The lowest BCUT2D eigenvalue weighted by Gasteiger charge is -2.33. The summed E-state index contributed by atoms with van der Waals surface area (Å²) in [5, 5.41) is 2.72. The normalized spacial score (nSPS) is 16.3. The number of ether oxygens (including phenoxy) is 2. The van der Waals surface area contributed by atoms with Crippen LogP contribution in [-0.4, -0.2) is 24.0 Å². The summed E-state index contributed by atoms with van der Waals surface area (Å²) >= 11 is 0. The number of ketones is 1. The number of amides is 1. The zero-order valence-corrected chi connectivity index (χ0v) is 10.6.